The molecule has 0 bridgehead atoms. The molecule has 2 aliphatic rings. The van der Waals surface area contributed by atoms with Crippen LogP contribution in [0.4, 0.5) is 4.39 Å². The fourth-order valence-electron chi connectivity index (χ4n) is 3.31. The molecule has 0 aromatic heterocycles. The van der Waals surface area contributed by atoms with Gasteiger partial charge in [0.25, 0.3) is 0 Å². The first kappa shape index (κ1) is 9.34. The second-order valence-corrected chi connectivity index (χ2v) is 4.95. The van der Waals surface area contributed by atoms with Crippen LogP contribution in [0.15, 0.2) is 18.2 Å². The topological polar surface area (TPSA) is 26.0 Å². The van der Waals surface area contributed by atoms with Gasteiger partial charge in [-0.05, 0) is 66.8 Å². The Kier molecular flexibility index (Phi) is 1.90. The third kappa shape index (κ3) is 1.24. The fraction of sp³-hybridized carbons (Fsp3) is 0.538. The van der Waals surface area contributed by atoms with E-state index in [1.54, 1.807) is 12.1 Å². The molecule has 0 amide bonds. The molecule has 0 saturated heterocycles. The van der Waals surface area contributed by atoms with Crippen LogP contribution in [0, 0.1) is 11.7 Å². The summed E-state index contributed by atoms with van der Waals surface area (Å²) in [7, 11) is 0. The van der Waals surface area contributed by atoms with Gasteiger partial charge in [0.1, 0.15) is 5.82 Å². The van der Waals surface area contributed by atoms with Crippen LogP contribution in [0.5, 0.6) is 0 Å². The first-order valence-electron chi connectivity index (χ1n) is 5.75. The Hall–Kier alpha value is -0.890. The van der Waals surface area contributed by atoms with Gasteiger partial charge >= 0.3 is 0 Å². The normalized spacial score (nSPS) is 32.8. The SMILES string of the molecule is NCC1CC12CCCc1cc(F)ccc12. The highest BCUT2D eigenvalue weighted by atomic mass is 19.1. The van der Waals surface area contributed by atoms with Crippen LogP contribution in [-0.4, -0.2) is 6.54 Å². The molecule has 2 N–H and O–H groups in total. The number of halogens is 1. The Morgan fingerprint density at radius 1 is 1.47 bits per heavy atom. The van der Waals surface area contributed by atoms with E-state index in [4.69, 9.17) is 5.73 Å². The zero-order valence-corrected chi connectivity index (χ0v) is 8.80. The molecule has 15 heavy (non-hydrogen) atoms. The molecular weight excluding hydrogens is 189 g/mol. The van der Waals surface area contributed by atoms with Crippen molar-refractivity contribution in [1.29, 1.82) is 0 Å². The summed E-state index contributed by atoms with van der Waals surface area (Å²) < 4.78 is 13.1. The summed E-state index contributed by atoms with van der Waals surface area (Å²) in [6.45, 7) is 0.775. The average molecular weight is 205 g/mol. The molecule has 2 heteroatoms. The van der Waals surface area contributed by atoms with Gasteiger partial charge in [-0.25, -0.2) is 4.39 Å². The number of fused-ring (bicyclic) bond motifs is 2. The van der Waals surface area contributed by atoms with E-state index in [-0.39, 0.29) is 5.82 Å². The molecule has 2 aliphatic carbocycles. The Bertz CT molecular complexity index is 402. The lowest BCUT2D eigenvalue weighted by Crippen LogP contribution is -2.21. The number of nitrogens with two attached hydrogens (primary N) is 1. The summed E-state index contributed by atoms with van der Waals surface area (Å²) in [5.41, 5.74) is 8.68. The van der Waals surface area contributed by atoms with E-state index in [0.29, 0.717) is 11.3 Å². The van der Waals surface area contributed by atoms with Crippen molar-refractivity contribution in [3.63, 3.8) is 0 Å². The molecule has 0 aliphatic heterocycles. The minimum atomic E-state index is -0.101. The van der Waals surface area contributed by atoms with Crippen molar-refractivity contribution in [2.75, 3.05) is 6.54 Å². The van der Waals surface area contributed by atoms with Crippen molar-refractivity contribution < 1.29 is 4.39 Å². The second kappa shape index (κ2) is 3.05. The first-order chi connectivity index (χ1) is 7.26. The van der Waals surface area contributed by atoms with Gasteiger partial charge < -0.3 is 5.73 Å². The van der Waals surface area contributed by atoms with E-state index in [0.717, 1.165) is 13.0 Å². The highest BCUT2D eigenvalue weighted by Gasteiger charge is 2.55. The number of aryl methyl sites for hydroxylation is 1. The molecule has 2 unspecified atom stereocenters. The summed E-state index contributed by atoms with van der Waals surface area (Å²) in [5, 5.41) is 0. The summed E-state index contributed by atoms with van der Waals surface area (Å²) in [6.07, 6.45) is 4.68. The van der Waals surface area contributed by atoms with Crippen molar-refractivity contribution in [3.8, 4) is 0 Å². The average Bonchev–Trinajstić information content (AvgIpc) is 2.92. The third-order valence-electron chi connectivity index (χ3n) is 4.19. The Labute approximate surface area is 89.5 Å². The molecule has 0 radical (unpaired) electrons. The van der Waals surface area contributed by atoms with Crippen LogP contribution in [0.2, 0.25) is 0 Å². The van der Waals surface area contributed by atoms with E-state index in [1.807, 2.05) is 6.07 Å². The lowest BCUT2D eigenvalue weighted by molar-refractivity contribution is 0.495. The van der Waals surface area contributed by atoms with Gasteiger partial charge in [0.15, 0.2) is 0 Å². The zero-order chi connectivity index (χ0) is 10.5. The van der Waals surface area contributed by atoms with Crippen LogP contribution in [0.1, 0.15) is 30.4 Å². The highest BCUT2D eigenvalue weighted by molar-refractivity contribution is 5.42. The van der Waals surface area contributed by atoms with Gasteiger partial charge in [0.05, 0.1) is 0 Å². The van der Waals surface area contributed by atoms with E-state index in [9.17, 15) is 4.39 Å². The smallest absolute Gasteiger partial charge is 0.123 e. The Morgan fingerprint density at radius 3 is 3.07 bits per heavy atom. The Morgan fingerprint density at radius 2 is 2.33 bits per heavy atom. The monoisotopic (exact) mass is 205 g/mol. The lowest BCUT2D eigenvalue weighted by Gasteiger charge is -2.26. The molecule has 3 rings (SSSR count). The summed E-state index contributed by atoms with van der Waals surface area (Å²) in [6, 6.07) is 5.29. The molecule has 1 nitrogen and oxygen atoms in total. The van der Waals surface area contributed by atoms with Gasteiger partial charge in [0, 0.05) is 0 Å². The maximum absolute atomic E-state index is 13.1. The van der Waals surface area contributed by atoms with Crippen LogP contribution >= 0.6 is 0 Å². The van der Waals surface area contributed by atoms with Crippen LogP contribution in [-0.2, 0) is 11.8 Å². The number of hydrogen-bond acceptors (Lipinski definition) is 1. The van der Waals surface area contributed by atoms with Crippen molar-refractivity contribution in [3.05, 3.63) is 35.1 Å². The zero-order valence-electron chi connectivity index (χ0n) is 8.80. The lowest BCUT2D eigenvalue weighted by atomic mass is 9.78. The van der Waals surface area contributed by atoms with Crippen molar-refractivity contribution in [2.24, 2.45) is 11.7 Å². The van der Waals surface area contributed by atoms with Gasteiger partial charge in [0.2, 0.25) is 0 Å². The third-order valence-corrected chi connectivity index (χ3v) is 4.19. The minimum absolute atomic E-state index is 0.101. The number of hydrogen-bond donors (Lipinski definition) is 1. The molecule has 0 heterocycles. The van der Waals surface area contributed by atoms with Gasteiger partial charge in [-0.2, -0.15) is 0 Å². The van der Waals surface area contributed by atoms with Crippen LogP contribution < -0.4 is 5.73 Å². The minimum Gasteiger partial charge on any atom is -0.330 e. The van der Waals surface area contributed by atoms with E-state index < -0.39 is 0 Å². The Balaban J connectivity index is 2.05. The molecule has 1 spiro atoms. The molecule has 1 aromatic carbocycles. The van der Waals surface area contributed by atoms with E-state index in [1.165, 1.54) is 30.4 Å². The fourth-order valence-corrected chi connectivity index (χ4v) is 3.31. The predicted octanol–water partition coefficient (Wildman–Crippen LogP) is 2.38. The summed E-state index contributed by atoms with van der Waals surface area (Å²) >= 11 is 0. The number of rotatable bonds is 1. The molecule has 80 valence electrons. The van der Waals surface area contributed by atoms with Crippen molar-refractivity contribution in [2.45, 2.75) is 31.1 Å². The molecule has 2 atom stereocenters. The van der Waals surface area contributed by atoms with Gasteiger partial charge in [-0.1, -0.05) is 6.07 Å². The quantitative estimate of drug-likeness (QED) is 0.748. The maximum atomic E-state index is 13.1. The van der Waals surface area contributed by atoms with E-state index in [2.05, 4.69) is 0 Å². The molecular formula is C13H16FN. The summed E-state index contributed by atoms with van der Waals surface area (Å²) in [4.78, 5) is 0. The van der Waals surface area contributed by atoms with Gasteiger partial charge in [-0.3, -0.25) is 0 Å². The molecule has 1 saturated carbocycles. The highest BCUT2D eigenvalue weighted by Crippen LogP contribution is 2.59. The largest absolute Gasteiger partial charge is 0.330 e. The van der Waals surface area contributed by atoms with Gasteiger partial charge in [-0.15, -0.1) is 0 Å². The van der Waals surface area contributed by atoms with Crippen molar-refractivity contribution >= 4 is 0 Å². The molecule has 1 fully saturated rings. The molecule has 1 aromatic rings. The van der Waals surface area contributed by atoms with Crippen molar-refractivity contribution in [1.82, 2.24) is 0 Å². The van der Waals surface area contributed by atoms with E-state index >= 15 is 0 Å². The summed E-state index contributed by atoms with van der Waals surface area (Å²) in [5.74, 6) is 0.540. The second-order valence-electron chi connectivity index (χ2n) is 4.95. The standard InChI is InChI=1S/C13H16FN/c14-11-3-4-12-9(6-11)2-1-5-13(12)7-10(13)8-15/h3-4,6,10H,1-2,5,7-8,15H2. The van der Waals surface area contributed by atoms with Crippen LogP contribution in [0.3, 0.4) is 0 Å². The number of benzene rings is 1. The van der Waals surface area contributed by atoms with Crippen LogP contribution in [0.25, 0.3) is 0 Å². The first-order valence-corrected chi connectivity index (χ1v) is 5.75. The predicted molar refractivity (Wildman–Crippen MR) is 58.2 cm³/mol. The maximum Gasteiger partial charge on any atom is 0.123 e.